The van der Waals surface area contributed by atoms with Crippen molar-refractivity contribution in [1.29, 1.82) is 0 Å². The van der Waals surface area contributed by atoms with Gasteiger partial charge in [0.2, 0.25) is 15.2 Å². The van der Waals surface area contributed by atoms with Gasteiger partial charge in [0.05, 0.1) is 4.90 Å². The summed E-state index contributed by atoms with van der Waals surface area (Å²) < 4.78 is 27.6. The number of nitrogens with zero attached hydrogens (tertiary/aromatic N) is 2. The molecule has 0 unspecified atom stereocenters. The Hall–Kier alpha value is -2.27. The third kappa shape index (κ3) is 6.10. The van der Waals surface area contributed by atoms with Crippen LogP contribution in [-0.2, 0) is 15.8 Å². The molecule has 0 saturated heterocycles. The first-order chi connectivity index (χ1) is 13.8. The molecule has 29 heavy (non-hydrogen) atoms. The van der Waals surface area contributed by atoms with Gasteiger partial charge in [0, 0.05) is 17.4 Å². The molecule has 0 aliphatic rings. The van der Waals surface area contributed by atoms with Gasteiger partial charge < -0.3 is 0 Å². The fourth-order valence-electron chi connectivity index (χ4n) is 2.37. The molecule has 0 atom stereocenters. The quantitative estimate of drug-likeness (QED) is 0.402. The molecule has 0 fully saturated rings. The predicted molar refractivity (Wildman–Crippen MR) is 116 cm³/mol. The normalized spacial score (nSPS) is 11.6. The van der Waals surface area contributed by atoms with Crippen molar-refractivity contribution in [1.82, 2.24) is 14.9 Å². The highest BCUT2D eigenvalue weighted by molar-refractivity contribution is 8.00. The average Bonchev–Trinajstić information content (AvgIpc) is 3.13. The second-order valence-corrected chi connectivity index (χ2v) is 10.3. The van der Waals surface area contributed by atoms with Gasteiger partial charge in [0.15, 0.2) is 4.34 Å². The molecule has 1 aromatic heterocycles. The first-order valence-corrected chi connectivity index (χ1v) is 12.1. The van der Waals surface area contributed by atoms with Gasteiger partial charge >= 0.3 is 0 Å². The largest absolute Gasteiger partial charge is 0.296 e. The van der Waals surface area contributed by atoms with Crippen LogP contribution in [0.4, 0.5) is 5.13 Å². The van der Waals surface area contributed by atoms with E-state index in [9.17, 15) is 13.2 Å². The molecule has 3 aromatic rings. The number of carbonyl (C=O) groups excluding carboxylic acids is 1. The average molecular weight is 449 g/mol. The van der Waals surface area contributed by atoms with Crippen LogP contribution in [-0.4, -0.2) is 30.6 Å². The molecular formula is C19H20N4O3S3. The maximum Gasteiger partial charge on any atom is 0.257 e. The van der Waals surface area contributed by atoms with Crippen LogP contribution in [0.3, 0.4) is 0 Å². The van der Waals surface area contributed by atoms with Gasteiger partial charge in [-0.1, -0.05) is 53.4 Å². The number of amides is 1. The number of thioether (sulfide) groups is 1. The van der Waals surface area contributed by atoms with E-state index in [-0.39, 0.29) is 16.8 Å². The molecule has 0 bridgehead atoms. The van der Waals surface area contributed by atoms with E-state index in [1.807, 2.05) is 30.3 Å². The van der Waals surface area contributed by atoms with Crippen LogP contribution in [0, 0.1) is 0 Å². The molecular weight excluding hydrogens is 428 g/mol. The molecule has 0 aliphatic heterocycles. The van der Waals surface area contributed by atoms with Crippen molar-refractivity contribution < 1.29 is 13.2 Å². The van der Waals surface area contributed by atoms with Gasteiger partial charge in [-0.2, -0.15) is 0 Å². The Morgan fingerprint density at radius 3 is 2.41 bits per heavy atom. The highest BCUT2D eigenvalue weighted by atomic mass is 32.2. The van der Waals surface area contributed by atoms with Gasteiger partial charge in [-0.05, 0) is 43.7 Å². The molecule has 2 aromatic carbocycles. The molecule has 1 amide bonds. The summed E-state index contributed by atoms with van der Waals surface area (Å²) in [6.07, 6.45) is 0. The van der Waals surface area contributed by atoms with Gasteiger partial charge in [0.25, 0.3) is 5.91 Å². The Morgan fingerprint density at radius 2 is 1.76 bits per heavy atom. The van der Waals surface area contributed by atoms with E-state index in [0.717, 1.165) is 10.1 Å². The van der Waals surface area contributed by atoms with Gasteiger partial charge in [0.1, 0.15) is 0 Å². The molecule has 0 aliphatic carbocycles. The fourth-order valence-corrected chi connectivity index (χ4v) is 5.32. The third-order valence-electron chi connectivity index (χ3n) is 3.65. The topological polar surface area (TPSA) is 101 Å². The van der Waals surface area contributed by atoms with Crippen LogP contribution in [0.15, 0.2) is 63.8 Å². The molecule has 3 rings (SSSR count). The Bertz CT molecular complexity index is 1070. The van der Waals surface area contributed by atoms with Crippen LogP contribution in [0.1, 0.15) is 29.8 Å². The van der Waals surface area contributed by atoms with Gasteiger partial charge in [-0.25, -0.2) is 13.1 Å². The zero-order valence-electron chi connectivity index (χ0n) is 15.8. The van der Waals surface area contributed by atoms with Crippen LogP contribution in [0.2, 0.25) is 0 Å². The van der Waals surface area contributed by atoms with Crippen LogP contribution < -0.4 is 10.0 Å². The second kappa shape index (κ2) is 9.49. The SMILES string of the molecule is CC(C)NS(=O)(=O)c1ccc(C(=O)Nc2nnc(SCc3ccccc3)s2)cc1. The second-order valence-electron chi connectivity index (χ2n) is 6.40. The maximum absolute atomic E-state index is 12.4. The summed E-state index contributed by atoms with van der Waals surface area (Å²) in [6, 6.07) is 15.5. The Labute approximate surface area is 178 Å². The Morgan fingerprint density at radius 1 is 1.07 bits per heavy atom. The predicted octanol–water partition coefficient (Wildman–Crippen LogP) is 3.77. The van der Waals surface area contributed by atoms with E-state index >= 15 is 0 Å². The number of benzene rings is 2. The number of rotatable bonds is 8. The summed E-state index contributed by atoms with van der Waals surface area (Å²) in [5.41, 5.74) is 1.52. The van der Waals surface area contributed by atoms with Crippen molar-refractivity contribution in [2.75, 3.05) is 5.32 Å². The molecule has 152 valence electrons. The van der Waals surface area contributed by atoms with Crippen molar-refractivity contribution in [3.05, 3.63) is 65.7 Å². The minimum Gasteiger partial charge on any atom is -0.296 e. The zero-order chi connectivity index (χ0) is 20.9. The lowest BCUT2D eigenvalue weighted by atomic mass is 10.2. The summed E-state index contributed by atoms with van der Waals surface area (Å²) >= 11 is 2.84. The number of hydrogen-bond acceptors (Lipinski definition) is 7. The van der Waals surface area contributed by atoms with Crippen molar-refractivity contribution in [3.8, 4) is 0 Å². The van der Waals surface area contributed by atoms with E-state index in [2.05, 4.69) is 20.2 Å². The maximum atomic E-state index is 12.4. The summed E-state index contributed by atoms with van der Waals surface area (Å²) in [6.45, 7) is 3.49. The molecule has 2 N–H and O–H groups in total. The zero-order valence-corrected chi connectivity index (χ0v) is 18.3. The number of anilines is 1. The third-order valence-corrected chi connectivity index (χ3v) is 7.37. The Balaban J connectivity index is 1.60. The van der Waals surface area contributed by atoms with Gasteiger partial charge in [-0.3, -0.25) is 10.1 Å². The fraction of sp³-hybridized carbons (Fsp3) is 0.211. The minimum absolute atomic E-state index is 0.110. The van der Waals surface area contributed by atoms with E-state index in [1.54, 1.807) is 25.6 Å². The number of nitrogens with one attached hydrogen (secondary N) is 2. The molecule has 0 radical (unpaired) electrons. The van der Waals surface area contributed by atoms with Crippen LogP contribution in [0.25, 0.3) is 0 Å². The summed E-state index contributed by atoms with van der Waals surface area (Å²) in [7, 11) is -3.59. The molecule has 1 heterocycles. The van der Waals surface area contributed by atoms with Crippen molar-refractivity contribution in [2.45, 2.75) is 34.9 Å². The van der Waals surface area contributed by atoms with Crippen molar-refractivity contribution in [3.63, 3.8) is 0 Å². The lowest BCUT2D eigenvalue weighted by Crippen LogP contribution is -2.30. The first kappa shape index (κ1) is 21.4. The van der Waals surface area contributed by atoms with E-state index < -0.39 is 10.0 Å². The van der Waals surface area contributed by atoms with Crippen molar-refractivity contribution in [2.24, 2.45) is 0 Å². The van der Waals surface area contributed by atoms with Crippen LogP contribution in [0.5, 0.6) is 0 Å². The monoisotopic (exact) mass is 448 g/mol. The summed E-state index contributed by atoms with van der Waals surface area (Å²) in [4.78, 5) is 12.5. The molecule has 0 saturated carbocycles. The number of hydrogen-bond donors (Lipinski definition) is 2. The highest BCUT2D eigenvalue weighted by Gasteiger charge is 2.16. The van der Waals surface area contributed by atoms with E-state index in [1.165, 1.54) is 41.2 Å². The number of sulfonamides is 1. The van der Waals surface area contributed by atoms with Gasteiger partial charge in [-0.15, -0.1) is 10.2 Å². The lowest BCUT2D eigenvalue weighted by molar-refractivity contribution is 0.102. The highest BCUT2D eigenvalue weighted by Crippen LogP contribution is 2.28. The van der Waals surface area contributed by atoms with Crippen molar-refractivity contribution >= 4 is 44.2 Å². The molecule has 7 nitrogen and oxygen atoms in total. The lowest BCUT2D eigenvalue weighted by Gasteiger charge is -2.09. The first-order valence-electron chi connectivity index (χ1n) is 8.77. The number of aromatic nitrogens is 2. The van der Waals surface area contributed by atoms with E-state index in [0.29, 0.717) is 10.7 Å². The molecule has 10 heteroatoms. The van der Waals surface area contributed by atoms with E-state index in [4.69, 9.17) is 0 Å². The number of carbonyl (C=O) groups is 1. The standard InChI is InChI=1S/C19H20N4O3S3/c1-13(2)23-29(25,26)16-10-8-15(9-11-16)17(24)20-18-21-22-19(28-18)27-12-14-6-4-3-5-7-14/h3-11,13,23H,12H2,1-2H3,(H,20,21,24). The van der Waals surface area contributed by atoms with Crippen LogP contribution >= 0.6 is 23.1 Å². The molecule has 0 spiro atoms. The Kier molecular flexibility index (Phi) is 7.01. The smallest absolute Gasteiger partial charge is 0.257 e. The summed E-state index contributed by atoms with van der Waals surface area (Å²) in [5, 5.41) is 11.2. The summed E-state index contributed by atoms with van der Waals surface area (Å²) in [5.74, 6) is 0.394. The minimum atomic E-state index is -3.59.